The lowest BCUT2D eigenvalue weighted by Gasteiger charge is -2.10. The van der Waals surface area contributed by atoms with Gasteiger partial charge >= 0.3 is 0 Å². The lowest BCUT2D eigenvalue weighted by molar-refractivity contribution is 0.196. The summed E-state index contributed by atoms with van der Waals surface area (Å²) in [6.45, 7) is 3.73. The number of halogens is 1. The number of ether oxygens (including phenoxy) is 1. The van der Waals surface area contributed by atoms with E-state index in [0.29, 0.717) is 6.04 Å². The largest absolute Gasteiger partial charge is 0.383 e. The summed E-state index contributed by atoms with van der Waals surface area (Å²) < 4.78 is 5.79. The van der Waals surface area contributed by atoms with Gasteiger partial charge in [0.25, 0.3) is 0 Å². The molecule has 0 spiro atoms. The third-order valence-corrected chi connectivity index (χ3v) is 3.19. The average molecular weight is 220 g/mol. The molecule has 1 atom stereocenters. The standard InChI is InChI=1S/C9H14ClNOS/c1-7(11-5-6-12-2)8-3-4-9(10)13-8/h3-4,7,11H,5-6H2,1-2H3. The van der Waals surface area contributed by atoms with Gasteiger partial charge in [-0.1, -0.05) is 11.6 Å². The highest BCUT2D eigenvalue weighted by atomic mass is 35.5. The molecule has 74 valence electrons. The summed E-state index contributed by atoms with van der Waals surface area (Å²) in [6, 6.07) is 4.33. The zero-order valence-electron chi connectivity index (χ0n) is 7.84. The Morgan fingerprint density at radius 3 is 2.92 bits per heavy atom. The van der Waals surface area contributed by atoms with Crippen LogP contribution >= 0.6 is 22.9 Å². The van der Waals surface area contributed by atoms with Crippen LogP contribution in [0.2, 0.25) is 4.34 Å². The van der Waals surface area contributed by atoms with Gasteiger partial charge in [0, 0.05) is 24.6 Å². The van der Waals surface area contributed by atoms with Gasteiger partial charge in [-0.05, 0) is 19.1 Å². The van der Waals surface area contributed by atoms with Gasteiger partial charge in [0.2, 0.25) is 0 Å². The fourth-order valence-corrected chi connectivity index (χ4v) is 2.13. The number of thiophene rings is 1. The van der Waals surface area contributed by atoms with E-state index < -0.39 is 0 Å². The molecule has 0 aromatic carbocycles. The molecule has 0 amide bonds. The van der Waals surface area contributed by atoms with Crippen LogP contribution in [-0.4, -0.2) is 20.3 Å². The smallest absolute Gasteiger partial charge is 0.0931 e. The summed E-state index contributed by atoms with van der Waals surface area (Å²) in [7, 11) is 1.70. The Morgan fingerprint density at radius 2 is 2.38 bits per heavy atom. The molecule has 0 radical (unpaired) electrons. The Labute approximate surface area is 87.9 Å². The molecular formula is C9H14ClNOS. The molecule has 0 aliphatic carbocycles. The molecule has 4 heteroatoms. The normalized spacial score (nSPS) is 13.2. The highest BCUT2D eigenvalue weighted by molar-refractivity contribution is 7.16. The summed E-state index contributed by atoms with van der Waals surface area (Å²) in [5.41, 5.74) is 0. The summed E-state index contributed by atoms with van der Waals surface area (Å²) in [5, 5.41) is 3.34. The van der Waals surface area contributed by atoms with Gasteiger partial charge in [0.1, 0.15) is 0 Å². The Kier molecular flexibility index (Phi) is 4.73. The van der Waals surface area contributed by atoms with Crippen molar-refractivity contribution in [3.05, 3.63) is 21.3 Å². The van der Waals surface area contributed by atoms with Crippen molar-refractivity contribution < 1.29 is 4.74 Å². The first-order valence-corrected chi connectivity index (χ1v) is 5.41. The molecule has 2 nitrogen and oxygen atoms in total. The number of methoxy groups -OCH3 is 1. The highest BCUT2D eigenvalue weighted by Crippen LogP contribution is 2.26. The van der Waals surface area contributed by atoms with Crippen LogP contribution in [0.5, 0.6) is 0 Å². The average Bonchev–Trinajstić information content (AvgIpc) is 2.52. The van der Waals surface area contributed by atoms with E-state index in [4.69, 9.17) is 16.3 Å². The molecule has 13 heavy (non-hydrogen) atoms. The van der Waals surface area contributed by atoms with Crippen LogP contribution in [0.15, 0.2) is 12.1 Å². The molecule has 1 aromatic heterocycles. The molecule has 1 rings (SSSR count). The van der Waals surface area contributed by atoms with Crippen LogP contribution in [0.1, 0.15) is 17.8 Å². The van der Waals surface area contributed by atoms with Crippen molar-refractivity contribution in [3.8, 4) is 0 Å². The molecule has 0 aliphatic rings. The second-order valence-electron chi connectivity index (χ2n) is 2.81. The van der Waals surface area contributed by atoms with E-state index in [0.717, 1.165) is 17.5 Å². The zero-order valence-corrected chi connectivity index (χ0v) is 9.41. The van der Waals surface area contributed by atoms with Gasteiger partial charge in [0.05, 0.1) is 10.9 Å². The van der Waals surface area contributed by atoms with Crippen LogP contribution in [0.4, 0.5) is 0 Å². The number of hydrogen-bond donors (Lipinski definition) is 1. The zero-order chi connectivity index (χ0) is 9.68. The predicted molar refractivity (Wildman–Crippen MR) is 57.6 cm³/mol. The number of nitrogens with one attached hydrogen (secondary N) is 1. The van der Waals surface area contributed by atoms with E-state index >= 15 is 0 Å². The molecular weight excluding hydrogens is 206 g/mol. The molecule has 0 fully saturated rings. The number of hydrogen-bond acceptors (Lipinski definition) is 3. The van der Waals surface area contributed by atoms with Crippen molar-refractivity contribution in [3.63, 3.8) is 0 Å². The van der Waals surface area contributed by atoms with Crippen molar-refractivity contribution in [1.82, 2.24) is 5.32 Å². The third-order valence-electron chi connectivity index (χ3n) is 1.78. The molecule has 0 saturated heterocycles. The summed E-state index contributed by atoms with van der Waals surface area (Å²) in [6.07, 6.45) is 0. The van der Waals surface area contributed by atoms with Crippen LogP contribution in [-0.2, 0) is 4.74 Å². The van der Waals surface area contributed by atoms with E-state index in [1.54, 1.807) is 18.4 Å². The van der Waals surface area contributed by atoms with E-state index in [1.165, 1.54) is 4.88 Å². The fourth-order valence-electron chi connectivity index (χ4n) is 1.04. The first-order valence-electron chi connectivity index (χ1n) is 4.21. The first-order chi connectivity index (χ1) is 6.24. The molecule has 1 aromatic rings. The third kappa shape index (κ3) is 3.65. The summed E-state index contributed by atoms with van der Waals surface area (Å²) in [5.74, 6) is 0. The van der Waals surface area contributed by atoms with E-state index in [9.17, 15) is 0 Å². The lowest BCUT2D eigenvalue weighted by atomic mass is 10.3. The van der Waals surface area contributed by atoms with Crippen LogP contribution in [0, 0.1) is 0 Å². The molecule has 1 unspecified atom stereocenters. The minimum atomic E-state index is 0.354. The molecule has 0 aliphatic heterocycles. The number of rotatable bonds is 5. The molecule has 1 heterocycles. The minimum absolute atomic E-state index is 0.354. The van der Waals surface area contributed by atoms with Gasteiger partial charge in [-0.2, -0.15) is 0 Å². The van der Waals surface area contributed by atoms with Gasteiger partial charge in [-0.15, -0.1) is 11.3 Å². The molecule has 1 N–H and O–H groups in total. The maximum Gasteiger partial charge on any atom is 0.0931 e. The van der Waals surface area contributed by atoms with Gasteiger partial charge in [0.15, 0.2) is 0 Å². The quantitative estimate of drug-likeness (QED) is 0.769. The van der Waals surface area contributed by atoms with Crippen molar-refractivity contribution in [2.24, 2.45) is 0 Å². The van der Waals surface area contributed by atoms with Crippen molar-refractivity contribution in [1.29, 1.82) is 0 Å². The Hall–Kier alpha value is -0.0900. The van der Waals surface area contributed by atoms with Gasteiger partial charge in [-0.3, -0.25) is 0 Å². The van der Waals surface area contributed by atoms with Crippen molar-refractivity contribution in [2.75, 3.05) is 20.3 Å². The Bertz CT molecular complexity index is 252. The minimum Gasteiger partial charge on any atom is -0.383 e. The second-order valence-corrected chi connectivity index (χ2v) is 4.56. The predicted octanol–water partition coefficient (Wildman–Crippen LogP) is 2.70. The first kappa shape index (κ1) is 11.0. The summed E-state index contributed by atoms with van der Waals surface area (Å²) >= 11 is 7.45. The maximum absolute atomic E-state index is 5.83. The van der Waals surface area contributed by atoms with E-state index in [2.05, 4.69) is 18.3 Å². The van der Waals surface area contributed by atoms with Crippen molar-refractivity contribution in [2.45, 2.75) is 13.0 Å². The van der Waals surface area contributed by atoms with E-state index in [-0.39, 0.29) is 0 Å². The maximum atomic E-state index is 5.83. The fraction of sp³-hybridized carbons (Fsp3) is 0.556. The highest BCUT2D eigenvalue weighted by Gasteiger charge is 2.06. The van der Waals surface area contributed by atoms with Crippen LogP contribution in [0.25, 0.3) is 0 Å². The molecule has 0 saturated carbocycles. The Morgan fingerprint density at radius 1 is 1.62 bits per heavy atom. The topological polar surface area (TPSA) is 21.3 Å². The lowest BCUT2D eigenvalue weighted by Crippen LogP contribution is -2.22. The van der Waals surface area contributed by atoms with Crippen LogP contribution in [0.3, 0.4) is 0 Å². The summed E-state index contributed by atoms with van der Waals surface area (Å²) in [4.78, 5) is 1.26. The van der Waals surface area contributed by atoms with Crippen molar-refractivity contribution >= 4 is 22.9 Å². The molecule has 0 bridgehead atoms. The Balaban J connectivity index is 2.35. The monoisotopic (exact) mass is 219 g/mol. The van der Waals surface area contributed by atoms with Gasteiger partial charge in [-0.25, -0.2) is 0 Å². The van der Waals surface area contributed by atoms with E-state index in [1.807, 2.05) is 6.07 Å². The SMILES string of the molecule is COCCNC(C)c1ccc(Cl)s1. The second kappa shape index (κ2) is 5.60. The van der Waals surface area contributed by atoms with Gasteiger partial charge < -0.3 is 10.1 Å². The van der Waals surface area contributed by atoms with Crippen LogP contribution < -0.4 is 5.32 Å².